The molecule has 1 fully saturated rings. The molecule has 1 aliphatic carbocycles. The van der Waals surface area contributed by atoms with Crippen molar-refractivity contribution < 1.29 is 4.74 Å². The number of rotatable bonds is 4. The molecule has 2 aromatic rings. The normalized spacial score (nSPS) is 14.7. The third-order valence-corrected chi connectivity index (χ3v) is 3.48. The minimum Gasteiger partial charge on any atom is -0.484 e. The molecule has 1 saturated carbocycles. The fourth-order valence-corrected chi connectivity index (χ4v) is 2.34. The topological polar surface area (TPSA) is 42.8 Å². The second kappa shape index (κ2) is 4.74. The van der Waals surface area contributed by atoms with E-state index >= 15 is 0 Å². The fourth-order valence-electron chi connectivity index (χ4n) is 1.85. The Morgan fingerprint density at radius 1 is 1.44 bits per heavy atom. The van der Waals surface area contributed by atoms with Gasteiger partial charge in [0.05, 0.1) is 5.02 Å². The highest BCUT2D eigenvalue weighted by Gasteiger charge is 2.27. The molecule has 0 radical (unpaired) electrons. The molecule has 94 valence electrons. The lowest BCUT2D eigenvalue weighted by Crippen LogP contribution is -2.06. The zero-order valence-electron chi connectivity index (χ0n) is 9.60. The summed E-state index contributed by atoms with van der Waals surface area (Å²) in [6.45, 7) is 0.368. The van der Waals surface area contributed by atoms with E-state index in [4.69, 9.17) is 28.6 Å². The monoisotopic (exact) mass is 281 g/mol. The van der Waals surface area contributed by atoms with Crippen molar-refractivity contribution in [1.29, 1.82) is 0 Å². The second-order valence-corrected chi connectivity index (χ2v) is 5.06. The molecule has 6 heteroatoms. The predicted octanol–water partition coefficient (Wildman–Crippen LogP) is 3.51. The Morgan fingerprint density at radius 2 is 2.22 bits per heavy atom. The maximum atomic E-state index is 6.03. The number of H-pyrrole nitrogens is 1. The van der Waals surface area contributed by atoms with Gasteiger partial charge in [0.1, 0.15) is 12.4 Å². The van der Waals surface area contributed by atoms with Crippen molar-refractivity contribution in [1.82, 2.24) is 14.8 Å². The molecule has 0 aliphatic heterocycles. The van der Waals surface area contributed by atoms with E-state index in [9.17, 15) is 0 Å². The molecule has 1 aromatic carbocycles. The molecule has 18 heavy (non-hydrogen) atoms. The molecule has 0 saturated heterocycles. The van der Waals surface area contributed by atoms with Gasteiger partial charge in [-0.3, -0.25) is 9.67 Å². The van der Waals surface area contributed by atoms with Gasteiger partial charge in [-0.2, -0.15) is 5.10 Å². The van der Waals surface area contributed by atoms with Crippen LogP contribution < -0.4 is 4.74 Å². The van der Waals surface area contributed by atoms with Gasteiger partial charge in [0.15, 0.2) is 10.6 Å². The first-order valence-electron chi connectivity index (χ1n) is 5.79. The number of aromatic amines is 1. The van der Waals surface area contributed by atoms with Crippen LogP contribution in [0.5, 0.6) is 5.75 Å². The quantitative estimate of drug-likeness (QED) is 0.872. The molecule has 1 N–H and O–H groups in total. The van der Waals surface area contributed by atoms with Crippen molar-refractivity contribution in [3.63, 3.8) is 0 Å². The van der Waals surface area contributed by atoms with E-state index in [-0.39, 0.29) is 0 Å². The van der Waals surface area contributed by atoms with Gasteiger partial charge in [-0.1, -0.05) is 23.7 Å². The first-order valence-corrected chi connectivity index (χ1v) is 6.57. The van der Waals surface area contributed by atoms with E-state index in [2.05, 4.69) is 10.2 Å². The first-order chi connectivity index (χ1) is 8.75. The summed E-state index contributed by atoms with van der Waals surface area (Å²) in [5.41, 5.74) is 0. The van der Waals surface area contributed by atoms with E-state index in [1.54, 1.807) is 6.07 Å². The number of benzene rings is 1. The molecule has 0 bridgehead atoms. The summed E-state index contributed by atoms with van der Waals surface area (Å²) >= 11 is 11.2. The van der Waals surface area contributed by atoms with Crippen LogP contribution in [0.2, 0.25) is 5.02 Å². The smallest absolute Gasteiger partial charge is 0.195 e. The van der Waals surface area contributed by atoms with Gasteiger partial charge in [-0.25, -0.2) is 0 Å². The van der Waals surface area contributed by atoms with E-state index in [1.165, 1.54) is 0 Å². The third kappa shape index (κ3) is 2.28. The van der Waals surface area contributed by atoms with Crippen LogP contribution in [0.15, 0.2) is 24.3 Å². The lowest BCUT2D eigenvalue weighted by Gasteiger charge is -2.08. The molecule has 1 aliphatic rings. The number of hydrogen-bond acceptors (Lipinski definition) is 3. The Bertz CT molecular complexity index is 618. The number of hydrogen-bond donors (Lipinski definition) is 1. The summed E-state index contributed by atoms with van der Waals surface area (Å²) in [5.74, 6) is 1.48. The summed E-state index contributed by atoms with van der Waals surface area (Å²) in [5, 5.41) is 7.61. The molecular weight excluding hydrogens is 270 g/mol. The van der Waals surface area contributed by atoms with Crippen LogP contribution in [-0.2, 0) is 6.61 Å². The summed E-state index contributed by atoms with van der Waals surface area (Å²) in [6, 6.07) is 7.88. The van der Waals surface area contributed by atoms with Crippen LogP contribution >= 0.6 is 23.8 Å². The van der Waals surface area contributed by atoms with Crippen LogP contribution in [0, 0.1) is 4.77 Å². The van der Waals surface area contributed by atoms with Crippen molar-refractivity contribution in [3.8, 4) is 5.75 Å². The zero-order valence-corrected chi connectivity index (χ0v) is 11.2. The van der Waals surface area contributed by atoms with Crippen LogP contribution in [0.4, 0.5) is 0 Å². The average Bonchev–Trinajstić information content (AvgIpc) is 3.13. The minimum absolute atomic E-state index is 0.368. The molecule has 1 heterocycles. The van der Waals surface area contributed by atoms with Crippen molar-refractivity contribution >= 4 is 23.8 Å². The standard InChI is InChI=1S/C12H12ClN3OS/c13-9-3-1-2-4-10(9)17-7-11-14-15-12(18)16(11)8-5-6-8/h1-4,8H,5-7H2,(H,15,18). The van der Waals surface area contributed by atoms with Crippen LogP contribution in [0.25, 0.3) is 0 Å². The van der Waals surface area contributed by atoms with Gasteiger partial charge >= 0.3 is 0 Å². The lowest BCUT2D eigenvalue weighted by molar-refractivity contribution is 0.289. The maximum absolute atomic E-state index is 6.03. The summed E-state index contributed by atoms with van der Waals surface area (Å²) in [7, 11) is 0. The zero-order chi connectivity index (χ0) is 12.5. The van der Waals surface area contributed by atoms with Crippen molar-refractivity contribution in [3.05, 3.63) is 39.9 Å². The lowest BCUT2D eigenvalue weighted by atomic mass is 10.3. The summed E-state index contributed by atoms with van der Waals surface area (Å²) in [4.78, 5) is 0. The van der Waals surface area contributed by atoms with E-state index in [0.29, 0.717) is 28.2 Å². The van der Waals surface area contributed by atoms with Gasteiger partial charge in [0.2, 0.25) is 0 Å². The van der Waals surface area contributed by atoms with Crippen molar-refractivity contribution in [2.24, 2.45) is 0 Å². The Labute approximate surface area is 115 Å². The molecular formula is C12H12ClN3OS. The highest BCUT2D eigenvalue weighted by atomic mass is 35.5. The average molecular weight is 282 g/mol. The van der Waals surface area contributed by atoms with E-state index < -0.39 is 0 Å². The van der Waals surface area contributed by atoms with E-state index in [0.717, 1.165) is 18.7 Å². The summed E-state index contributed by atoms with van der Waals surface area (Å²) in [6.07, 6.45) is 2.32. The predicted molar refractivity (Wildman–Crippen MR) is 71.5 cm³/mol. The van der Waals surface area contributed by atoms with Crippen LogP contribution in [-0.4, -0.2) is 14.8 Å². The highest BCUT2D eigenvalue weighted by molar-refractivity contribution is 7.71. The Morgan fingerprint density at radius 3 is 2.94 bits per heavy atom. The van der Waals surface area contributed by atoms with Gasteiger partial charge < -0.3 is 4.74 Å². The molecule has 0 unspecified atom stereocenters. The Kier molecular flexibility index (Phi) is 3.09. The van der Waals surface area contributed by atoms with Crippen LogP contribution in [0.1, 0.15) is 24.7 Å². The number of para-hydroxylation sites is 1. The largest absolute Gasteiger partial charge is 0.484 e. The molecule has 0 atom stereocenters. The number of nitrogens with one attached hydrogen (secondary N) is 1. The Balaban J connectivity index is 1.78. The number of nitrogens with zero attached hydrogens (tertiary/aromatic N) is 2. The second-order valence-electron chi connectivity index (χ2n) is 4.27. The number of halogens is 1. The fraction of sp³-hybridized carbons (Fsp3) is 0.333. The molecule has 3 rings (SSSR count). The molecule has 0 amide bonds. The SMILES string of the molecule is S=c1[nH]nc(COc2ccccc2Cl)n1C1CC1. The van der Waals surface area contributed by atoms with Crippen molar-refractivity contribution in [2.45, 2.75) is 25.5 Å². The number of ether oxygens (including phenoxy) is 1. The summed E-state index contributed by atoms with van der Waals surface area (Å²) < 4.78 is 8.37. The van der Waals surface area contributed by atoms with Crippen LogP contribution in [0.3, 0.4) is 0 Å². The first kappa shape index (κ1) is 11.7. The van der Waals surface area contributed by atoms with E-state index in [1.807, 2.05) is 22.8 Å². The third-order valence-electron chi connectivity index (χ3n) is 2.88. The molecule has 0 spiro atoms. The van der Waals surface area contributed by atoms with Gasteiger partial charge in [0, 0.05) is 6.04 Å². The molecule has 1 aromatic heterocycles. The minimum atomic E-state index is 0.368. The molecule has 4 nitrogen and oxygen atoms in total. The van der Waals surface area contributed by atoms with Gasteiger partial charge in [-0.15, -0.1) is 0 Å². The Hall–Kier alpha value is -1.33. The maximum Gasteiger partial charge on any atom is 0.195 e. The van der Waals surface area contributed by atoms with Gasteiger partial charge in [-0.05, 0) is 37.2 Å². The van der Waals surface area contributed by atoms with Crippen molar-refractivity contribution in [2.75, 3.05) is 0 Å². The highest BCUT2D eigenvalue weighted by Crippen LogP contribution is 2.36. The number of aromatic nitrogens is 3. The van der Waals surface area contributed by atoms with Gasteiger partial charge in [0.25, 0.3) is 0 Å².